The van der Waals surface area contributed by atoms with Crippen LogP contribution in [0.5, 0.6) is 0 Å². The van der Waals surface area contributed by atoms with Crippen LogP contribution in [-0.2, 0) is 28.7 Å². The standard InChI is InChI=1S/C22H28N4O8S/c1-12-7-9-35-19(12)22(33)34-11-16(27)14(10-18(29)30)24-20(31)15-4-3-8-25-17(28)6-5-13(23-2)21(32)26(15)25/h7,9,13-15,23H,3-6,8,10-11H2,1-2H3,(H,24,31)(H,29,30)/t13-,14-,15-/m0/s1. The Hall–Kier alpha value is -3.32. The number of carbonyl (C=O) groups excluding carboxylic acids is 5. The molecule has 0 spiro atoms. The van der Waals surface area contributed by atoms with E-state index in [4.69, 9.17) is 4.74 Å². The summed E-state index contributed by atoms with van der Waals surface area (Å²) in [6, 6.07) is -1.51. The first-order valence-electron chi connectivity index (χ1n) is 11.2. The maximum absolute atomic E-state index is 13.2. The number of hydrogen-bond donors (Lipinski definition) is 3. The van der Waals surface area contributed by atoms with Crippen molar-refractivity contribution in [3.8, 4) is 0 Å². The Morgan fingerprint density at radius 2 is 2.00 bits per heavy atom. The highest BCUT2D eigenvalue weighted by atomic mass is 32.1. The quantitative estimate of drug-likeness (QED) is 0.385. The van der Waals surface area contributed by atoms with Gasteiger partial charge in [-0.15, -0.1) is 11.3 Å². The van der Waals surface area contributed by atoms with Crippen LogP contribution in [0, 0.1) is 6.92 Å². The molecule has 0 bridgehead atoms. The number of carbonyl (C=O) groups is 6. The lowest BCUT2D eigenvalue weighted by Crippen LogP contribution is -2.64. The molecular weight excluding hydrogens is 480 g/mol. The number of rotatable bonds is 9. The number of hydrogen-bond acceptors (Lipinski definition) is 9. The zero-order valence-corrected chi connectivity index (χ0v) is 20.3. The van der Waals surface area contributed by atoms with E-state index in [0.29, 0.717) is 16.9 Å². The Morgan fingerprint density at radius 1 is 1.26 bits per heavy atom. The molecule has 0 radical (unpaired) electrons. The number of amides is 3. The van der Waals surface area contributed by atoms with Crippen molar-refractivity contribution in [3.63, 3.8) is 0 Å². The second-order valence-corrected chi connectivity index (χ2v) is 9.29. The Balaban J connectivity index is 1.72. The summed E-state index contributed by atoms with van der Waals surface area (Å²) in [6.45, 7) is 1.26. The molecule has 2 aliphatic rings. The van der Waals surface area contributed by atoms with Crippen molar-refractivity contribution in [2.24, 2.45) is 0 Å². The van der Waals surface area contributed by atoms with Gasteiger partial charge in [0, 0.05) is 13.0 Å². The molecule has 1 aromatic heterocycles. The average Bonchev–Trinajstić information content (AvgIpc) is 3.21. The lowest BCUT2D eigenvalue weighted by molar-refractivity contribution is -0.176. The van der Waals surface area contributed by atoms with Crippen LogP contribution in [0.3, 0.4) is 0 Å². The summed E-state index contributed by atoms with van der Waals surface area (Å²) in [5.41, 5.74) is 0.682. The van der Waals surface area contributed by atoms with Crippen molar-refractivity contribution in [1.29, 1.82) is 0 Å². The van der Waals surface area contributed by atoms with Crippen LogP contribution in [0.25, 0.3) is 0 Å². The van der Waals surface area contributed by atoms with Crippen LogP contribution in [0.1, 0.15) is 47.3 Å². The third kappa shape index (κ3) is 6.03. The number of ether oxygens (including phenoxy) is 1. The van der Waals surface area contributed by atoms with Gasteiger partial charge in [0.05, 0.1) is 12.5 Å². The van der Waals surface area contributed by atoms with Gasteiger partial charge >= 0.3 is 11.9 Å². The minimum atomic E-state index is -1.48. The molecular formula is C22H28N4O8S. The molecule has 0 aliphatic carbocycles. The third-order valence-corrected chi connectivity index (χ3v) is 6.99. The molecule has 3 atom stereocenters. The van der Waals surface area contributed by atoms with Gasteiger partial charge in [-0.3, -0.25) is 29.0 Å². The first-order valence-corrected chi connectivity index (χ1v) is 12.1. The molecule has 12 nitrogen and oxygen atoms in total. The molecule has 1 aromatic rings. The van der Waals surface area contributed by atoms with E-state index in [-0.39, 0.29) is 31.7 Å². The molecule has 2 aliphatic heterocycles. The summed E-state index contributed by atoms with van der Waals surface area (Å²) < 4.78 is 5.03. The van der Waals surface area contributed by atoms with Crippen molar-refractivity contribution in [2.75, 3.05) is 20.2 Å². The van der Waals surface area contributed by atoms with Gasteiger partial charge < -0.3 is 20.5 Å². The Morgan fingerprint density at radius 3 is 2.63 bits per heavy atom. The predicted octanol–water partition coefficient (Wildman–Crippen LogP) is -0.142. The first-order chi connectivity index (χ1) is 16.6. The van der Waals surface area contributed by atoms with Gasteiger partial charge in [0.1, 0.15) is 17.0 Å². The number of nitrogens with zero attached hydrogens (tertiary/aromatic N) is 2. The lowest BCUT2D eigenvalue weighted by Gasteiger charge is -2.43. The van der Waals surface area contributed by atoms with Gasteiger partial charge in [0.25, 0.3) is 5.91 Å². The molecule has 3 amide bonds. The van der Waals surface area contributed by atoms with E-state index >= 15 is 0 Å². The highest BCUT2D eigenvalue weighted by Gasteiger charge is 2.44. The largest absolute Gasteiger partial charge is 0.481 e. The topological polar surface area (TPSA) is 162 Å². The maximum Gasteiger partial charge on any atom is 0.349 e. The number of aliphatic carboxylic acids is 1. The Bertz CT molecular complexity index is 1020. The smallest absolute Gasteiger partial charge is 0.349 e. The van der Waals surface area contributed by atoms with E-state index in [1.54, 1.807) is 25.4 Å². The maximum atomic E-state index is 13.2. The Labute approximate surface area is 205 Å². The summed E-state index contributed by atoms with van der Waals surface area (Å²) in [5.74, 6) is -4.36. The summed E-state index contributed by atoms with van der Waals surface area (Å²) in [7, 11) is 1.59. The van der Waals surface area contributed by atoms with E-state index in [1.807, 2.05) is 0 Å². The van der Waals surface area contributed by atoms with Gasteiger partial charge in [-0.2, -0.15) is 0 Å². The van der Waals surface area contributed by atoms with Crippen molar-refractivity contribution >= 4 is 46.8 Å². The van der Waals surface area contributed by atoms with Crippen molar-refractivity contribution in [3.05, 3.63) is 21.9 Å². The molecule has 190 valence electrons. The number of carboxylic acids is 1. The van der Waals surface area contributed by atoms with Crippen molar-refractivity contribution in [1.82, 2.24) is 20.7 Å². The second-order valence-electron chi connectivity index (χ2n) is 8.37. The zero-order chi connectivity index (χ0) is 25.7. The summed E-state index contributed by atoms with van der Waals surface area (Å²) in [5, 5.41) is 18.6. The van der Waals surface area contributed by atoms with Gasteiger partial charge in [0.2, 0.25) is 11.8 Å². The van der Waals surface area contributed by atoms with Crippen molar-refractivity contribution < 1.29 is 38.6 Å². The third-order valence-electron chi connectivity index (χ3n) is 5.99. The van der Waals surface area contributed by atoms with Crippen LogP contribution in [0.2, 0.25) is 0 Å². The molecule has 0 aromatic carbocycles. The van der Waals surface area contributed by atoms with Crippen LogP contribution in [0.15, 0.2) is 11.4 Å². The van der Waals surface area contributed by atoms with Crippen molar-refractivity contribution in [2.45, 2.75) is 57.2 Å². The fraction of sp³-hybridized carbons (Fsp3) is 0.545. The Kier molecular flexibility index (Phi) is 8.57. The second kappa shape index (κ2) is 11.4. The molecule has 3 rings (SSSR count). The molecule has 2 saturated heterocycles. The number of aryl methyl sites for hydroxylation is 1. The van der Waals surface area contributed by atoms with Crippen LogP contribution < -0.4 is 10.6 Å². The number of nitrogens with one attached hydrogen (secondary N) is 2. The molecule has 0 saturated carbocycles. The van der Waals surface area contributed by atoms with Gasteiger partial charge in [0.15, 0.2) is 12.4 Å². The number of Topliss-reactive ketones (excluding diaryl/α,β-unsaturated/α-hetero) is 1. The highest BCUT2D eigenvalue weighted by Crippen LogP contribution is 2.25. The SMILES string of the molecule is CN[C@H]1CCC(=O)N2CCC[C@@H](C(=O)N[C@@H](CC(=O)O)C(=O)COC(=O)c3sccc3C)N2C1=O. The first kappa shape index (κ1) is 26.3. The summed E-state index contributed by atoms with van der Waals surface area (Å²) >= 11 is 1.15. The number of fused-ring (bicyclic) bond motifs is 1. The minimum absolute atomic E-state index is 0.136. The monoisotopic (exact) mass is 508 g/mol. The number of hydrazine groups is 1. The molecule has 3 N–H and O–H groups in total. The van der Waals surface area contributed by atoms with E-state index < -0.39 is 60.7 Å². The normalized spacial score (nSPS) is 21.1. The molecule has 2 fully saturated rings. The molecule has 13 heteroatoms. The van der Waals surface area contributed by atoms with E-state index in [1.165, 1.54) is 5.01 Å². The van der Waals surface area contributed by atoms with Crippen LogP contribution >= 0.6 is 11.3 Å². The van der Waals surface area contributed by atoms with Crippen LogP contribution in [0.4, 0.5) is 0 Å². The number of thiophene rings is 1. The lowest BCUT2D eigenvalue weighted by atomic mass is 10.0. The summed E-state index contributed by atoms with van der Waals surface area (Å²) in [4.78, 5) is 75.4. The molecule has 35 heavy (non-hydrogen) atoms. The van der Waals surface area contributed by atoms with Crippen LogP contribution in [-0.4, -0.2) is 88.9 Å². The van der Waals surface area contributed by atoms with Gasteiger partial charge in [-0.25, -0.2) is 9.80 Å². The fourth-order valence-electron chi connectivity index (χ4n) is 4.11. The number of esters is 1. The number of carboxylic acid groups (broad SMARTS) is 1. The van der Waals surface area contributed by atoms with E-state index in [2.05, 4.69) is 10.6 Å². The van der Waals surface area contributed by atoms with Gasteiger partial charge in [-0.05, 0) is 50.2 Å². The number of ketones is 1. The fourth-order valence-corrected chi connectivity index (χ4v) is 4.93. The van der Waals surface area contributed by atoms with E-state index in [9.17, 15) is 33.9 Å². The highest BCUT2D eigenvalue weighted by molar-refractivity contribution is 7.12. The summed E-state index contributed by atoms with van der Waals surface area (Å²) in [6.07, 6.45) is 0.371. The zero-order valence-electron chi connectivity index (χ0n) is 19.4. The molecule has 3 heterocycles. The molecule has 0 unspecified atom stereocenters. The van der Waals surface area contributed by atoms with E-state index in [0.717, 1.165) is 16.3 Å². The predicted molar refractivity (Wildman–Crippen MR) is 122 cm³/mol. The average molecular weight is 509 g/mol. The number of likely N-dealkylation sites (N-methyl/N-ethyl adjacent to an activating group) is 1. The van der Waals surface area contributed by atoms with Gasteiger partial charge in [-0.1, -0.05) is 0 Å². The minimum Gasteiger partial charge on any atom is -0.481 e.